The van der Waals surface area contributed by atoms with E-state index >= 15 is 0 Å². The molecule has 0 saturated carbocycles. The Morgan fingerprint density at radius 3 is 2.39 bits per heavy atom. The Morgan fingerprint density at radius 2 is 1.64 bits per heavy atom. The molecule has 0 aliphatic carbocycles. The highest BCUT2D eigenvalue weighted by Gasteiger charge is 2.29. The van der Waals surface area contributed by atoms with Crippen molar-refractivity contribution in [3.05, 3.63) is 106 Å². The van der Waals surface area contributed by atoms with Crippen molar-refractivity contribution in [2.75, 3.05) is 60.9 Å². The third-order valence-corrected chi connectivity index (χ3v) is 11.5. The van der Waals surface area contributed by atoms with E-state index in [9.17, 15) is 29.7 Å². The minimum Gasteiger partial charge on any atom is -0.508 e. The first kappa shape index (κ1) is 40.7. The van der Waals surface area contributed by atoms with Gasteiger partial charge in [0.15, 0.2) is 5.82 Å². The number of phenols is 3. The molecule has 2 amide bonds. The molecule has 0 atom stereocenters. The van der Waals surface area contributed by atoms with Crippen molar-refractivity contribution in [1.82, 2.24) is 34.9 Å². The number of rotatable bonds is 12. The van der Waals surface area contributed by atoms with E-state index in [1.54, 1.807) is 37.3 Å². The van der Waals surface area contributed by atoms with Crippen LogP contribution in [0.4, 0.5) is 17.5 Å². The molecule has 2 aliphatic rings. The molecule has 316 valence electrons. The molecule has 16 nitrogen and oxygen atoms in total. The van der Waals surface area contributed by atoms with Gasteiger partial charge in [-0.1, -0.05) is 50.2 Å². The number of carbonyl (C=O) groups is 2. The summed E-state index contributed by atoms with van der Waals surface area (Å²) in [5, 5.41) is 46.5. The van der Waals surface area contributed by atoms with Crippen LogP contribution in [0.25, 0.3) is 27.8 Å². The summed E-state index contributed by atoms with van der Waals surface area (Å²) in [7, 11) is 0. The second-order valence-electron chi connectivity index (χ2n) is 15.9. The zero-order chi connectivity index (χ0) is 42.8. The minimum absolute atomic E-state index is 0.0223. The van der Waals surface area contributed by atoms with Gasteiger partial charge in [-0.2, -0.15) is 10.1 Å². The number of anilines is 3. The first-order chi connectivity index (χ1) is 29.4. The summed E-state index contributed by atoms with van der Waals surface area (Å²) in [4.78, 5) is 54.1. The van der Waals surface area contributed by atoms with E-state index in [0.29, 0.717) is 81.4 Å². The molecule has 8 rings (SSSR count). The Bertz CT molecular complexity index is 2650. The molecule has 6 N–H and O–H groups in total. The first-order valence-electron chi connectivity index (χ1n) is 20.6. The molecule has 6 aromatic rings. The molecule has 1 saturated heterocycles. The van der Waals surface area contributed by atoms with E-state index in [4.69, 9.17) is 9.97 Å². The lowest BCUT2D eigenvalue weighted by atomic mass is 9.98. The summed E-state index contributed by atoms with van der Waals surface area (Å²) in [5.41, 5.74) is 4.83. The van der Waals surface area contributed by atoms with Crippen molar-refractivity contribution in [3.63, 3.8) is 0 Å². The number of nitrogens with one attached hydrogen (secondary N) is 3. The molecular formula is C45H50N10O6. The lowest BCUT2D eigenvalue weighted by Crippen LogP contribution is -2.49. The summed E-state index contributed by atoms with van der Waals surface area (Å²) in [6, 6.07) is 21.8. The second kappa shape index (κ2) is 17.2. The Labute approximate surface area is 352 Å². The number of hydrogen-bond donors (Lipinski definition) is 6. The number of hydrogen-bond acceptors (Lipinski definition) is 12. The standard InChI is InChI=1S/C45H50N10O6/c1-27(2)35-24-36(40(59)25-39(35)58)43-50-51-45(61)55(43)31-10-8-29(9-11-31)12-15-46-41(60)13-16-47-44-48-37-26-54(38-23-32(57)22-30-6-4-5-7-33(30)38)17-14-34(37)42(49-44)53-20-18-52(19-21-53)28(3)56/h4-11,22-25,27,57-59H,12-21,26H2,1-3H3,(H,46,60)(H,51,61)(H,47,48,49). The first-order valence-corrected chi connectivity index (χ1v) is 20.6. The summed E-state index contributed by atoms with van der Waals surface area (Å²) in [5.74, 6) is 1.38. The van der Waals surface area contributed by atoms with Crippen LogP contribution >= 0.6 is 0 Å². The maximum absolute atomic E-state index is 13.0. The van der Waals surface area contributed by atoms with E-state index in [1.807, 2.05) is 49.1 Å². The predicted octanol–water partition coefficient (Wildman–Crippen LogP) is 4.80. The Kier molecular flexibility index (Phi) is 11.5. The van der Waals surface area contributed by atoms with Crippen LogP contribution in [0.2, 0.25) is 0 Å². The molecule has 2 aliphatic heterocycles. The van der Waals surface area contributed by atoms with Crippen LogP contribution in [0.3, 0.4) is 0 Å². The van der Waals surface area contributed by atoms with Gasteiger partial charge in [0, 0.05) is 87.9 Å². The van der Waals surface area contributed by atoms with Crippen LogP contribution < -0.4 is 26.1 Å². The largest absolute Gasteiger partial charge is 0.508 e. The molecule has 0 spiro atoms. The highest BCUT2D eigenvalue weighted by molar-refractivity contribution is 5.95. The van der Waals surface area contributed by atoms with Crippen LogP contribution in [-0.4, -0.2) is 103 Å². The smallest absolute Gasteiger partial charge is 0.348 e. The van der Waals surface area contributed by atoms with Gasteiger partial charge in [0.1, 0.15) is 23.1 Å². The van der Waals surface area contributed by atoms with E-state index in [1.165, 1.54) is 10.6 Å². The van der Waals surface area contributed by atoms with Crippen LogP contribution in [-0.2, 0) is 29.0 Å². The van der Waals surface area contributed by atoms with E-state index in [0.717, 1.165) is 45.6 Å². The molecule has 0 bridgehead atoms. The number of nitrogens with zero attached hydrogens (tertiary/aromatic N) is 7. The highest BCUT2D eigenvalue weighted by Crippen LogP contribution is 2.38. The van der Waals surface area contributed by atoms with Crippen molar-refractivity contribution >= 4 is 40.0 Å². The molecular weight excluding hydrogens is 777 g/mol. The van der Waals surface area contributed by atoms with Gasteiger partial charge in [-0.3, -0.25) is 9.59 Å². The van der Waals surface area contributed by atoms with Gasteiger partial charge < -0.3 is 40.7 Å². The number of aromatic amines is 1. The molecule has 2 aromatic heterocycles. The quantitative estimate of drug-likeness (QED) is 0.0985. The summed E-state index contributed by atoms with van der Waals surface area (Å²) < 4.78 is 1.37. The Balaban J connectivity index is 0.906. The van der Waals surface area contributed by atoms with Gasteiger partial charge in [0.05, 0.1) is 23.5 Å². The van der Waals surface area contributed by atoms with Crippen molar-refractivity contribution in [3.8, 4) is 34.3 Å². The number of amides is 2. The van der Waals surface area contributed by atoms with Gasteiger partial charge in [0.2, 0.25) is 17.8 Å². The van der Waals surface area contributed by atoms with Crippen molar-refractivity contribution in [2.24, 2.45) is 0 Å². The number of aromatic nitrogens is 5. The number of carbonyl (C=O) groups excluding carboxylic acids is 2. The van der Waals surface area contributed by atoms with Gasteiger partial charge in [0.25, 0.3) is 0 Å². The van der Waals surface area contributed by atoms with E-state index in [2.05, 4.69) is 36.7 Å². The van der Waals surface area contributed by atoms with Crippen LogP contribution in [0.1, 0.15) is 55.5 Å². The summed E-state index contributed by atoms with van der Waals surface area (Å²) >= 11 is 0. The Morgan fingerprint density at radius 1 is 0.869 bits per heavy atom. The lowest BCUT2D eigenvalue weighted by Gasteiger charge is -2.38. The maximum atomic E-state index is 13.0. The van der Waals surface area contributed by atoms with Crippen molar-refractivity contribution in [1.29, 1.82) is 0 Å². The summed E-state index contributed by atoms with van der Waals surface area (Å²) in [6.07, 6.45) is 1.46. The second-order valence-corrected chi connectivity index (χ2v) is 15.9. The third-order valence-electron chi connectivity index (χ3n) is 11.5. The topological polar surface area (TPSA) is 205 Å². The fourth-order valence-electron chi connectivity index (χ4n) is 8.21. The van der Waals surface area contributed by atoms with E-state index in [-0.39, 0.29) is 47.2 Å². The number of benzene rings is 4. The SMILES string of the molecule is CC(=O)N1CCN(c2nc(NCCC(=O)NCCc3ccc(-n4c(-c5cc(C(C)C)c(O)cc5O)n[nH]c4=O)cc3)nc3c2CCN(c2cc(O)cc4ccccc24)C3)CC1. The molecule has 4 heterocycles. The maximum Gasteiger partial charge on any atom is 0.348 e. The van der Waals surface area contributed by atoms with E-state index < -0.39 is 5.69 Å². The van der Waals surface area contributed by atoms with Crippen molar-refractivity contribution in [2.45, 2.75) is 52.5 Å². The normalized spacial score (nSPS) is 14.1. The predicted molar refractivity (Wildman–Crippen MR) is 234 cm³/mol. The number of H-pyrrole nitrogens is 1. The molecule has 0 radical (unpaired) electrons. The molecule has 0 unspecified atom stereocenters. The number of phenolic OH excluding ortho intramolecular Hbond substituents is 3. The molecule has 4 aromatic carbocycles. The Hall–Kier alpha value is -7.10. The lowest BCUT2D eigenvalue weighted by molar-refractivity contribution is -0.129. The fraction of sp³-hybridized carbons (Fsp3) is 0.333. The zero-order valence-corrected chi connectivity index (χ0v) is 34.5. The number of aromatic hydroxyl groups is 3. The molecule has 1 fully saturated rings. The van der Waals surface area contributed by atoms with Crippen LogP contribution in [0.5, 0.6) is 17.2 Å². The average Bonchev–Trinajstić information content (AvgIpc) is 3.63. The van der Waals surface area contributed by atoms with Crippen molar-refractivity contribution < 1.29 is 24.9 Å². The van der Waals surface area contributed by atoms with Crippen LogP contribution in [0.15, 0.2) is 77.6 Å². The highest BCUT2D eigenvalue weighted by atomic mass is 16.3. The number of piperazine rings is 1. The fourth-order valence-corrected chi connectivity index (χ4v) is 8.21. The monoisotopic (exact) mass is 826 g/mol. The zero-order valence-electron chi connectivity index (χ0n) is 34.5. The van der Waals surface area contributed by atoms with Gasteiger partial charge in [-0.25, -0.2) is 19.4 Å². The average molecular weight is 827 g/mol. The van der Waals surface area contributed by atoms with Gasteiger partial charge >= 0.3 is 5.69 Å². The number of fused-ring (bicyclic) bond motifs is 2. The molecule has 61 heavy (non-hydrogen) atoms. The molecule has 16 heteroatoms. The van der Waals surface area contributed by atoms with Crippen LogP contribution in [0, 0.1) is 0 Å². The minimum atomic E-state index is -0.476. The van der Waals surface area contributed by atoms with Gasteiger partial charge in [-0.15, -0.1) is 0 Å². The van der Waals surface area contributed by atoms with Gasteiger partial charge in [-0.05, 0) is 59.5 Å². The summed E-state index contributed by atoms with van der Waals surface area (Å²) in [6.45, 7) is 9.92. The third kappa shape index (κ3) is 8.65.